The van der Waals surface area contributed by atoms with Crippen LogP contribution in [0.3, 0.4) is 0 Å². The first-order chi connectivity index (χ1) is 5.27. The van der Waals surface area contributed by atoms with Crippen LogP contribution in [0.25, 0.3) is 0 Å². The van der Waals surface area contributed by atoms with Crippen LogP contribution in [0.15, 0.2) is 12.2 Å². The van der Waals surface area contributed by atoms with Crippen LogP contribution in [0.4, 0.5) is 0 Å². The molecule has 0 aromatic rings. The minimum absolute atomic E-state index is 0.0169. The van der Waals surface area contributed by atoms with Crippen molar-refractivity contribution in [3.63, 3.8) is 0 Å². The van der Waals surface area contributed by atoms with E-state index < -0.39 is 0 Å². The van der Waals surface area contributed by atoms with Crippen LogP contribution in [-0.4, -0.2) is 31.2 Å². The molecule has 0 radical (unpaired) electrons. The number of rotatable bonds is 2. The Balaban J connectivity index is 2.52. The molecule has 0 fully saturated rings. The summed E-state index contributed by atoms with van der Waals surface area (Å²) in [6.45, 7) is 2.03. The molecule has 3 nitrogen and oxygen atoms in total. The molecule has 1 N–H and O–H groups in total. The highest BCUT2D eigenvalue weighted by Crippen LogP contribution is 2.18. The van der Waals surface area contributed by atoms with Crippen molar-refractivity contribution in [1.82, 2.24) is 0 Å². The van der Waals surface area contributed by atoms with Gasteiger partial charge in [0.25, 0.3) is 0 Å². The van der Waals surface area contributed by atoms with Crippen LogP contribution < -0.4 is 0 Å². The van der Waals surface area contributed by atoms with Crippen molar-refractivity contribution >= 4 is 0 Å². The fourth-order valence-corrected chi connectivity index (χ4v) is 1.11. The number of ether oxygens (including phenoxy) is 2. The summed E-state index contributed by atoms with van der Waals surface area (Å²) < 4.78 is 10.4. The number of hydrogen-bond acceptors (Lipinski definition) is 3. The van der Waals surface area contributed by atoms with Crippen molar-refractivity contribution in [3.05, 3.63) is 12.2 Å². The average Bonchev–Trinajstić information content (AvgIpc) is 2.05. The zero-order valence-corrected chi connectivity index (χ0v) is 6.86. The third-order valence-corrected chi connectivity index (χ3v) is 1.78. The number of aliphatic hydroxyl groups is 1. The fourth-order valence-electron chi connectivity index (χ4n) is 1.11. The lowest BCUT2D eigenvalue weighted by Gasteiger charge is -2.28. The van der Waals surface area contributed by atoms with E-state index in [9.17, 15) is 0 Å². The smallest absolute Gasteiger partial charge is 0.164 e. The zero-order valence-electron chi connectivity index (χ0n) is 6.86. The van der Waals surface area contributed by atoms with Gasteiger partial charge in [0.05, 0.1) is 6.61 Å². The van der Waals surface area contributed by atoms with Gasteiger partial charge in [-0.05, 0) is 0 Å². The van der Waals surface area contributed by atoms with Gasteiger partial charge in [-0.15, -0.1) is 0 Å². The van der Waals surface area contributed by atoms with Crippen LogP contribution in [-0.2, 0) is 9.47 Å². The summed E-state index contributed by atoms with van der Waals surface area (Å²) >= 11 is 0. The van der Waals surface area contributed by atoms with Crippen molar-refractivity contribution in [2.24, 2.45) is 5.92 Å². The Bertz CT molecular complexity index is 144. The summed E-state index contributed by atoms with van der Waals surface area (Å²) in [5.74, 6) is 0.266. The van der Waals surface area contributed by atoms with Gasteiger partial charge in [0, 0.05) is 13.0 Å². The topological polar surface area (TPSA) is 38.7 Å². The van der Waals surface area contributed by atoms with Gasteiger partial charge in [0.2, 0.25) is 0 Å². The van der Waals surface area contributed by atoms with Gasteiger partial charge in [-0.25, -0.2) is 0 Å². The number of aliphatic hydroxyl groups excluding tert-OH is 1. The Kier molecular flexibility index (Phi) is 3.05. The highest BCUT2D eigenvalue weighted by atomic mass is 16.7. The van der Waals surface area contributed by atoms with Crippen LogP contribution in [0.5, 0.6) is 0 Å². The minimum atomic E-state index is -0.211. The lowest BCUT2D eigenvalue weighted by molar-refractivity contribution is -0.175. The molecule has 0 saturated carbocycles. The molecule has 1 aliphatic heterocycles. The fraction of sp³-hybridized carbons (Fsp3) is 0.750. The van der Waals surface area contributed by atoms with Crippen LogP contribution in [0.1, 0.15) is 6.92 Å². The number of methoxy groups -OCH3 is 1. The predicted molar refractivity (Wildman–Crippen MR) is 41.1 cm³/mol. The molecule has 3 atom stereocenters. The third kappa shape index (κ3) is 2.02. The second-order valence-electron chi connectivity index (χ2n) is 2.71. The molecule has 0 saturated heterocycles. The molecule has 64 valence electrons. The molecule has 0 aliphatic carbocycles. The molecule has 11 heavy (non-hydrogen) atoms. The summed E-state index contributed by atoms with van der Waals surface area (Å²) in [7, 11) is 1.61. The normalized spacial score (nSPS) is 37.5. The first kappa shape index (κ1) is 8.71. The Morgan fingerprint density at radius 3 is 2.82 bits per heavy atom. The standard InChI is InChI=1S/C8H14O3/c1-6-3-4-7(5-9)11-8(6)10-2/h3-4,6-9H,5H2,1-2H3. The summed E-state index contributed by atoms with van der Waals surface area (Å²) in [6.07, 6.45) is 3.45. The molecule has 3 unspecified atom stereocenters. The first-order valence-corrected chi connectivity index (χ1v) is 3.75. The highest BCUT2D eigenvalue weighted by molar-refractivity contribution is 4.97. The molecule has 0 amide bonds. The Hall–Kier alpha value is -0.380. The molecule has 0 aromatic carbocycles. The molecular formula is C8H14O3. The van der Waals surface area contributed by atoms with Crippen molar-refractivity contribution in [2.45, 2.75) is 19.3 Å². The van der Waals surface area contributed by atoms with Gasteiger partial charge in [0.1, 0.15) is 6.10 Å². The van der Waals surface area contributed by atoms with E-state index in [-0.39, 0.29) is 24.9 Å². The van der Waals surface area contributed by atoms with E-state index in [1.54, 1.807) is 7.11 Å². The largest absolute Gasteiger partial charge is 0.393 e. The molecule has 1 aliphatic rings. The molecule has 0 spiro atoms. The molecule has 0 bridgehead atoms. The maximum Gasteiger partial charge on any atom is 0.164 e. The maximum atomic E-state index is 8.76. The maximum absolute atomic E-state index is 8.76. The SMILES string of the molecule is COC1OC(CO)C=CC1C. The van der Waals surface area contributed by atoms with Gasteiger partial charge >= 0.3 is 0 Å². The summed E-state index contributed by atoms with van der Waals surface area (Å²) in [5.41, 5.74) is 0. The van der Waals surface area contributed by atoms with E-state index in [0.717, 1.165) is 0 Å². The molecule has 1 rings (SSSR count). The minimum Gasteiger partial charge on any atom is -0.393 e. The van der Waals surface area contributed by atoms with Crippen LogP contribution >= 0.6 is 0 Å². The zero-order chi connectivity index (χ0) is 8.27. The van der Waals surface area contributed by atoms with Gasteiger partial charge in [-0.1, -0.05) is 19.1 Å². The third-order valence-electron chi connectivity index (χ3n) is 1.78. The van der Waals surface area contributed by atoms with Crippen molar-refractivity contribution < 1.29 is 14.6 Å². The quantitative estimate of drug-likeness (QED) is 0.596. The number of hydrogen-bond donors (Lipinski definition) is 1. The van der Waals surface area contributed by atoms with E-state index in [1.165, 1.54) is 0 Å². The van der Waals surface area contributed by atoms with E-state index in [0.29, 0.717) is 0 Å². The average molecular weight is 158 g/mol. The van der Waals surface area contributed by atoms with Crippen molar-refractivity contribution in [2.75, 3.05) is 13.7 Å². The van der Waals surface area contributed by atoms with Gasteiger partial charge in [0.15, 0.2) is 6.29 Å². The summed E-state index contributed by atoms with van der Waals surface area (Å²) in [5, 5.41) is 8.76. The van der Waals surface area contributed by atoms with E-state index >= 15 is 0 Å². The Labute approximate surface area is 66.6 Å². The van der Waals surface area contributed by atoms with E-state index in [1.807, 2.05) is 19.1 Å². The lowest BCUT2D eigenvalue weighted by Crippen LogP contribution is -2.33. The first-order valence-electron chi connectivity index (χ1n) is 3.75. The molecule has 1 heterocycles. The monoisotopic (exact) mass is 158 g/mol. The van der Waals surface area contributed by atoms with Crippen LogP contribution in [0.2, 0.25) is 0 Å². The van der Waals surface area contributed by atoms with Gasteiger partial charge < -0.3 is 14.6 Å². The molecule has 0 aromatic heterocycles. The second kappa shape index (κ2) is 3.85. The molecular weight excluding hydrogens is 144 g/mol. The second-order valence-corrected chi connectivity index (χ2v) is 2.71. The highest BCUT2D eigenvalue weighted by Gasteiger charge is 2.22. The Morgan fingerprint density at radius 2 is 2.27 bits per heavy atom. The van der Waals surface area contributed by atoms with Gasteiger partial charge in [-0.2, -0.15) is 0 Å². The van der Waals surface area contributed by atoms with Crippen molar-refractivity contribution in [1.29, 1.82) is 0 Å². The predicted octanol–water partition coefficient (Wildman–Crippen LogP) is 0.542. The van der Waals surface area contributed by atoms with Crippen molar-refractivity contribution in [3.8, 4) is 0 Å². The Morgan fingerprint density at radius 1 is 1.55 bits per heavy atom. The lowest BCUT2D eigenvalue weighted by atomic mass is 10.1. The van der Waals surface area contributed by atoms with E-state index in [4.69, 9.17) is 14.6 Å². The molecule has 3 heteroatoms. The summed E-state index contributed by atoms with van der Waals surface area (Å²) in [4.78, 5) is 0. The summed E-state index contributed by atoms with van der Waals surface area (Å²) in [6, 6.07) is 0. The van der Waals surface area contributed by atoms with E-state index in [2.05, 4.69) is 0 Å². The van der Waals surface area contributed by atoms with Gasteiger partial charge in [-0.3, -0.25) is 0 Å². The van der Waals surface area contributed by atoms with Crippen LogP contribution in [0, 0.1) is 5.92 Å².